The van der Waals surface area contributed by atoms with Crippen molar-refractivity contribution >= 4 is 23.3 Å². The van der Waals surface area contributed by atoms with Gasteiger partial charge in [-0.1, -0.05) is 31.5 Å². The molecule has 0 amide bonds. The number of hydrogen-bond donors (Lipinski definition) is 2. The minimum Gasteiger partial charge on any atom is -0.493 e. The number of pyridine rings is 1. The monoisotopic (exact) mass is 753 g/mol. The number of aliphatic carboxylic acids is 1. The number of halogens is 4. The molecule has 0 radical (unpaired) electrons. The van der Waals surface area contributed by atoms with Crippen LogP contribution in [0.4, 0.5) is 18.9 Å². The Morgan fingerprint density at radius 1 is 1.11 bits per heavy atom. The number of rotatable bonds is 9. The van der Waals surface area contributed by atoms with Crippen LogP contribution in [-0.4, -0.2) is 71.1 Å². The molecule has 0 bridgehead atoms. The van der Waals surface area contributed by atoms with E-state index in [1.54, 1.807) is 12.1 Å². The molecule has 1 saturated carbocycles. The maximum absolute atomic E-state index is 13.2. The van der Waals surface area contributed by atoms with Gasteiger partial charge in [0.05, 0.1) is 13.2 Å². The molecule has 5 atom stereocenters. The van der Waals surface area contributed by atoms with Crippen LogP contribution in [0.2, 0.25) is 5.02 Å². The van der Waals surface area contributed by atoms with Crippen LogP contribution < -0.4 is 19.5 Å². The fraction of sp³-hybridized carbons (Fsp3) is 0.561. The molecule has 284 valence electrons. The quantitative estimate of drug-likeness (QED) is 0.225. The van der Waals surface area contributed by atoms with Crippen molar-refractivity contribution in [3.8, 4) is 17.2 Å². The minimum atomic E-state index is -4.30. The molecule has 1 spiro atoms. The molecule has 8 nitrogen and oxygen atoms in total. The average Bonchev–Trinajstić information content (AvgIpc) is 3.61. The van der Waals surface area contributed by atoms with Gasteiger partial charge < -0.3 is 24.6 Å². The smallest absolute Gasteiger partial charge is 0.401 e. The lowest BCUT2D eigenvalue weighted by atomic mass is 9.59. The fourth-order valence-electron chi connectivity index (χ4n) is 10.1. The van der Waals surface area contributed by atoms with Gasteiger partial charge in [0, 0.05) is 41.3 Å². The highest BCUT2D eigenvalue weighted by Gasteiger charge is 2.55. The van der Waals surface area contributed by atoms with Crippen LogP contribution in [0.3, 0.4) is 0 Å². The van der Waals surface area contributed by atoms with E-state index in [1.165, 1.54) is 10.5 Å². The maximum Gasteiger partial charge on any atom is 0.401 e. The van der Waals surface area contributed by atoms with E-state index in [0.717, 1.165) is 54.7 Å². The van der Waals surface area contributed by atoms with E-state index >= 15 is 0 Å². The van der Waals surface area contributed by atoms with Gasteiger partial charge in [-0.3, -0.25) is 9.88 Å². The normalized spacial score (nSPS) is 29.6. The van der Waals surface area contributed by atoms with Gasteiger partial charge in [0.25, 0.3) is 0 Å². The van der Waals surface area contributed by atoms with Crippen molar-refractivity contribution < 1.29 is 37.3 Å². The Bertz CT molecular complexity index is 1860. The summed E-state index contributed by atoms with van der Waals surface area (Å²) in [5.41, 5.74) is 3.83. The molecule has 2 aromatic carbocycles. The van der Waals surface area contributed by atoms with Crippen LogP contribution in [-0.2, 0) is 23.1 Å². The van der Waals surface area contributed by atoms with Gasteiger partial charge in [-0.05, 0) is 128 Å². The van der Waals surface area contributed by atoms with Gasteiger partial charge in [0.15, 0.2) is 11.5 Å². The summed E-state index contributed by atoms with van der Waals surface area (Å²) < 4.78 is 59.0. The number of carboxylic acids is 1. The Labute approximate surface area is 313 Å². The highest BCUT2D eigenvalue weighted by atomic mass is 35.5. The second-order valence-electron chi connectivity index (χ2n) is 16.3. The highest BCUT2D eigenvalue weighted by Crippen LogP contribution is 2.58. The van der Waals surface area contributed by atoms with E-state index in [9.17, 15) is 23.1 Å². The lowest BCUT2D eigenvalue weighted by Gasteiger charge is -2.47. The van der Waals surface area contributed by atoms with E-state index in [0.29, 0.717) is 60.4 Å². The summed E-state index contributed by atoms with van der Waals surface area (Å²) in [4.78, 5) is 19.0. The zero-order valence-electron chi connectivity index (χ0n) is 30.2. The number of aromatic nitrogens is 1. The number of anilines is 1. The Hall–Kier alpha value is -3.70. The molecular formula is C41H47ClF3N3O5. The third-order valence-corrected chi connectivity index (χ3v) is 12.8. The molecule has 3 aromatic rings. The summed E-state index contributed by atoms with van der Waals surface area (Å²) in [5.74, 6) is 1.99. The number of nitrogens with zero attached hydrogens (tertiary/aromatic N) is 2. The van der Waals surface area contributed by atoms with Crippen LogP contribution in [0.1, 0.15) is 87.1 Å². The molecule has 2 N–H and O–H groups in total. The van der Waals surface area contributed by atoms with Crippen molar-refractivity contribution in [2.24, 2.45) is 11.8 Å². The van der Waals surface area contributed by atoms with Crippen molar-refractivity contribution in [1.29, 1.82) is 0 Å². The zero-order chi connectivity index (χ0) is 37.1. The Kier molecular flexibility index (Phi) is 9.49. The van der Waals surface area contributed by atoms with Crippen LogP contribution >= 0.6 is 11.6 Å². The number of carboxylic acid groups (broad SMARTS) is 1. The molecule has 53 heavy (non-hydrogen) atoms. The van der Waals surface area contributed by atoms with E-state index in [4.69, 9.17) is 25.8 Å². The van der Waals surface area contributed by atoms with Crippen LogP contribution in [0.5, 0.6) is 17.2 Å². The van der Waals surface area contributed by atoms with E-state index in [-0.39, 0.29) is 30.3 Å². The van der Waals surface area contributed by atoms with Crippen molar-refractivity contribution in [3.05, 3.63) is 76.1 Å². The van der Waals surface area contributed by atoms with Crippen molar-refractivity contribution in [2.45, 2.75) is 107 Å². The summed E-state index contributed by atoms with van der Waals surface area (Å²) in [6.45, 7) is 4.33. The standard InChI is InChI=1S/C41H47ClF3N3O5/c1-24(22-51-32-9-14-46-31-8-3-5-25(2)37(31)32)15-27-16-26-17-33-34(53-36-21-48(20-35(36)52-33)23-41(43,44)45)19-30(26)39(27)10-12-40(13-11-39,38(49)50)47-29-7-4-6-28(42)18-29/h4,6-7,9,14,17-19,24-25,27,35-36,47H,3,5,8,10-13,15-16,20-23H2,1-2H3,(H,49,50)/t24-,25-,27+,35-,36+,39?,40?/m1/s1. The molecule has 0 unspecified atom stereocenters. The predicted molar refractivity (Wildman–Crippen MR) is 195 cm³/mol. The first kappa shape index (κ1) is 36.3. The van der Waals surface area contributed by atoms with Gasteiger partial charge in [0.2, 0.25) is 0 Å². The second-order valence-corrected chi connectivity index (χ2v) is 16.7. The van der Waals surface area contributed by atoms with Crippen LogP contribution in [0.15, 0.2) is 48.7 Å². The first-order chi connectivity index (χ1) is 25.3. The third kappa shape index (κ3) is 7.04. The van der Waals surface area contributed by atoms with E-state index in [2.05, 4.69) is 30.2 Å². The number of nitrogens with one attached hydrogen (secondary N) is 1. The number of alkyl halides is 3. The van der Waals surface area contributed by atoms with Crippen molar-refractivity contribution in [1.82, 2.24) is 9.88 Å². The molecule has 2 fully saturated rings. The third-order valence-electron chi connectivity index (χ3n) is 12.6. The molecule has 12 heteroatoms. The number of hydrogen-bond acceptors (Lipinski definition) is 7. The average molecular weight is 754 g/mol. The number of fused-ring (bicyclic) bond motifs is 5. The SMILES string of the molecule is C[C@@H](COc1ccnc2c1[C@H](C)CCC2)C[C@H]1Cc2cc3c(cc2C12CCC(Nc1cccc(Cl)c1)(C(=O)O)CC2)O[C@H]1CN(CC(F)(F)F)C[C@H]1O3. The first-order valence-corrected chi connectivity index (χ1v) is 19.4. The number of carbonyl (C=O) groups is 1. The van der Waals surface area contributed by atoms with Gasteiger partial charge in [-0.15, -0.1) is 0 Å². The lowest BCUT2D eigenvalue weighted by Crippen LogP contribution is -2.53. The van der Waals surface area contributed by atoms with E-state index in [1.807, 2.05) is 30.5 Å². The number of likely N-dealkylation sites (tertiary alicyclic amines) is 1. The molecule has 3 heterocycles. The molecule has 1 saturated heterocycles. The van der Waals surface area contributed by atoms with Crippen molar-refractivity contribution in [3.63, 3.8) is 0 Å². The summed E-state index contributed by atoms with van der Waals surface area (Å²) >= 11 is 6.27. The highest BCUT2D eigenvalue weighted by molar-refractivity contribution is 6.30. The van der Waals surface area contributed by atoms with Gasteiger partial charge in [-0.2, -0.15) is 13.2 Å². The van der Waals surface area contributed by atoms with Gasteiger partial charge >= 0.3 is 12.1 Å². The number of aryl methyl sites for hydroxylation is 1. The summed E-state index contributed by atoms with van der Waals surface area (Å²) in [5, 5.41) is 14.5. The zero-order valence-corrected chi connectivity index (χ0v) is 30.9. The van der Waals surface area contributed by atoms with E-state index < -0.39 is 36.4 Å². The Morgan fingerprint density at radius 2 is 1.85 bits per heavy atom. The molecule has 2 aliphatic heterocycles. The van der Waals surface area contributed by atoms with Crippen LogP contribution in [0, 0.1) is 11.8 Å². The molecule has 5 aliphatic rings. The molecular weight excluding hydrogens is 707 g/mol. The largest absolute Gasteiger partial charge is 0.493 e. The maximum atomic E-state index is 13.2. The fourth-order valence-corrected chi connectivity index (χ4v) is 10.2. The number of benzene rings is 2. The summed E-state index contributed by atoms with van der Waals surface area (Å²) in [6, 6.07) is 13.2. The van der Waals surface area contributed by atoms with Crippen LogP contribution in [0.25, 0.3) is 0 Å². The Morgan fingerprint density at radius 3 is 2.55 bits per heavy atom. The topological polar surface area (TPSA) is 93.2 Å². The van der Waals surface area contributed by atoms with Gasteiger partial charge in [0.1, 0.15) is 23.5 Å². The lowest BCUT2D eigenvalue weighted by molar-refractivity contribution is -0.145. The molecule has 8 rings (SSSR count). The minimum absolute atomic E-state index is 0.141. The summed E-state index contributed by atoms with van der Waals surface area (Å²) in [6.07, 6.45) is 3.57. The van der Waals surface area contributed by atoms with Gasteiger partial charge in [-0.25, -0.2) is 4.79 Å². The Balaban J connectivity index is 1.06. The second kappa shape index (κ2) is 13.9. The summed E-state index contributed by atoms with van der Waals surface area (Å²) in [7, 11) is 0. The first-order valence-electron chi connectivity index (χ1n) is 19.0. The molecule has 3 aliphatic carbocycles. The predicted octanol–water partition coefficient (Wildman–Crippen LogP) is 8.59. The molecule has 1 aromatic heterocycles. The number of ether oxygens (including phenoxy) is 3. The van der Waals surface area contributed by atoms with Crippen molar-refractivity contribution in [2.75, 3.05) is 31.6 Å².